The van der Waals surface area contributed by atoms with E-state index in [2.05, 4.69) is 10.3 Å². The molecule has 1 N–H and O–H groups in total. The van der Waals surface area contributed by atoms with Gasteiger partial charge in [0.25, 0.3) is 0 Å². The molecule has 1 aromatic heterocycles. The van der Waals surface area contributed by atoms with Gasteiger partial charge in [0.2, 0.25) is 0 Å². The van der Waals surface area contributed by atoms with Crippen LogP contribution in [0.25, 0.3) is 0 Å². The zero-order valence-corrected chi connectivity index (χ0v) is 15.2. The molecule has 0 bridgehead atoms. The van der Waals surface area contributed by atoms with E-state index in [1.807, 2.05) is 57.2 Å². The highest BCUT2D eigenvalue weighted by atomic mass is 35.5. The Bertz CT molecular complexity index is 779. The first-order valence-electron chi connectivity index (χ1n) is 7.88. The average molecular weight is 358 g/mol. The first-order valence-corrected chi connectivity index (χ1v) is 8.26. The molecule has 2 aromatic rings. The molecule has 0 aliphatic carbocycles. The molecular formula is C19H20ClN3O2. The summed E-state index contributed by atoms with van der Waals surface area (Å²) < 4.78 is 5.50. The van der Waals surface area contributed by atoms with Crippen LogP contribution in [0.5, 0.6) is 0 Å². The molecule has 0 fully saturated rings. The number of carbonyl (C=O) groups excluding carboxylic acids is 1. The number of aromatic nitrogens is 1. The molecule has 0 spiro atoms. The summed E-state index contributed by atoms with van der Waals surface area (Å²) in [5.41, 5.74) is 0.494. The van der Waals surface area contributed by atoms with E-state index in [-0.39, 0.29) is 16.7 Å². The minimum Gasteiger partial charge on any atom is -0.458 e. The molecule has 0 saturated heterocycles. The minimum absolute atomic E-state index is 0.106. The van der Waals surface area contributed by atoms with Gasteiger partial charge in [0.1, 0.15) is 23.5 Å². The summed E-state index contributed by atoms with van der Waals surface area (Å²) in [6.45, 7) is 5.45. The smallest absolute Gasteiger partial charge is 0.329 e. The number of halogens is 1. The first-order chi connectivity index (χ1) is 11.8. The Morgan fingerprint density at radius 3 is 2.56 bits per heavy atom. The van der Waals surface area contributed by atoms with Gasteiger partial charge in [0, 0.05) is 6.42 Å². The van der Waals surface area contributed by atoms with Crippen LogP contribution in [0.2, 0.25) is 5.02 Å². The number of nitriles is 1. The molecule has 1 aromatic carbocycles. The predicted molar refractivity (Wildman–Crippen MR) is 97.4 cm³/mol. The van der Waals surface area contributed by atoms with E-state index in [0.29, 0.717) is 12.2 Å². The number of hydrogen-bond donors (Lipinski definition) is 1. The van der Waals surface area contributed by atoms with Crippen LogP contribution in [0.1, 0.15) is 32.0 Å². The largest absolute Gasteiger partial charge is 0.458 e. The molecule has 130 valence electrons. The second-order valence-electron chi connectivity index (χ2n) is 6.56. The third-order valence-corrected chi connectivity index (χ3v) is 3.55. The van der Waals surface area contributed by atoms with Gasteiger partial charge >= 0.3 is 5.97 Å². The third kappa shape index (κ3) is 5.77. The number of nitrogens with one attached hydrogen (secondary N) is 1. The lowest BCUT2D eigenvalue weighted by Gasteiger charge is -2.25. The Hall–Kier alpha value is -2.58. The number of hydrogen-bond acceptors (Lipinski definition) is 5. The number of ether oxygens (including phenoxy) is 1. The highest BCUT2D eigenvalue weighted by Crippen LogP contribution is 2.18. The Morgan fingerprint density at radius 1 is 1.28 bits per heavy atom. The monoisotopic (exact) mass is 357 g/mol. The van der Waals surface area contributed by atoms with E-state index in [1.54, 1.807) is 12.1 Å². The maximum atomic E-state index is 12.6. The van der Waals surface area contributed by atoms with E-state index < -0.39 is 11.6 Å². The van der Waals surface area contributed by atoms with Crippen LogP contribution in [0.3, 0.4) is 0 Å². The van der Waals surface area contributed by atoms with Gasteiger partial charge in [-0.3, -0.25) is 0 Å². The Morgan fingerprint density at radius 2 is 1.96 bits per heavy atom. The number of benzene rings is 1. The SMILES string of the molecule is CC(C)(C)OC(=O)C(Cc1ccccc1)Nc1ccc(Cl)c(C#N)n1. The summed E-state index contributed by atoms with van der Waals surface area (Å²) in [5.74, 6) is 0.0133. The maximum Gasteiger partial charge on any atom is 0.329 e. The standard InChI is InChI=1S/C19H20ClN3O2/c1-19(2,3)25-18(24)15(11-13-7-5-4-6-8-13)22-17-10-9-14(20)16(12-21)23-17/h4-10,15H,11H2,1-3H3,(H,22,23). The van der Waals surface area contributed by atoms with E-state index in [0.717, 1.165) is 5.56 Å². The van der Waals surface area contributed by atoms with Crippen molar-refractivity contribution in [1.82, 2.24) is 4.98 Å². The summed E-state index contributed by atoms with van der Waals surface area (Å²) in [7, 11) is 0. The molecule has 1 heterocycles. The minimum atomic E-state index is -0.637. The van der Waals surface area contributed by atoms with Crippen LogP contribution in [0.15, 0.2) is 42.5 Å². The molecule has 5 nitrogen and oxygen atoms in total. The highest BCUT2D eigenvalue weighted by molar-refractivity contribution is 6.31. The van der Waals surface area contributed by atoms with E-state index >= 15 is 0 Å². The van der Waals surface area contributed by atoms with Crippen molar-refractivity contribution in [3.8, 4) is 6.07 Å². The second kappa shape index (κ2) is 8.00. The number of carbonyl (C=O) groups is 1. The quantitative estimate of drug-likeness (QED) is 0.819. The summed E-state index contributed by atoms with van der Waals surface area (Å²) in [6.07, 6.45) is 0.432. The lowest BCUT2D eigenvalue weighted by Crippen LogP contribution is -2.38. The fourth-order valence-electron chi connectivity index (χ4n) is 2.20. The lowest BCUT2D eigenvalue weighted by atomic mass is 10.1. The van der Waals surface area contributed by atoms with Crippen LogP contribution in [0, 0.1) is 11.3 Å². The molecule has 6 heteroatoms. The van der Waals surface area contributed by atoms with E-state index in [1.165, 1.54) is 0 Å². The molecule has 25 heavy (non-hydrogen) atoms. The molecule has 1 atom stereocenters. The Labute approximate surface area is 152 Å². The maximum absolute atomic E-state index is 12.6. The van der Waals surface area contributed by atoms with Gasteiger partial charge in [-0.1, -0.05) is 41.9 Å². The molecule has 0 aliphatic heterocycles. The number of esters is 1. The van der Waals surface area contributed by atoms with E-state index in [4.69, 9.17) is 21.6 Å². The van der Waals surface area contributed by atoms with Crippen LogP contribution in [-0.2, 0) is 16.0 Å². The van der Waals surface area contributed by atoms with Crippen molar-refractivity contribution >= 4 is 23.4 Å². The molecule has 0 amide bonds. The number of rotatable bonds is 5. The van der Waals surface area contributed by atoms with Gasteiger partial charge in [-0.25, -0.2) is 9.78 Å². The fourth-order valence-corrected chi connectivity index (χ4v) is 2.34. The van der Waals surface area contributed by atoms with Gasteiger partial charge < -0.3 is 10.1 Å². The molecule has 0 saturated carbocycles. The van der Waals surface area contributed by atoms with Gasteiger partial charge in [-0.05, 0) is 38.5 Å². The van der Waals surface area contributed by atoms with Crippen molar-refractivity contribution in [1.29, 1.82) is 5.26 Å². The Kier molecular flexibility index (Phi) is 6.00. The topological polar surface area (TPSA) is 75.0 Å². The molecule has 2 rings (SSSR count). The second-order valence-corrected chi connectivity index (χ2v) is 6.97. The van der Waals surface area contributed by atoms with Gasteiger partial charge in [0.05, 0.1) is 5.02 Å². The Balaban J connectivity index is 2.24. The zero-order chi connectivity index (χ0) is 18.4. The fraction of sp³-hybridized carbons (Fsp3) is 0.316. The van der Waals surface area contributed by atoms with E-state index in [9.17, 15) is 4.79 Å². The summed E-state index contributed by atoms with van der Waals surface area (Å²) >= 11 is 5.91. The number of nitrogens with zero attached hydrogens (tertiary/aromatic N) is 2. The van der Waals surface area contributed by atoms with Crippen molar-refractivity contribution in [2.45, 2.75) is 38.8 Å². The molecule has 1 unspecified atom stereocenters. The summed E-state index contributed by atoms with van der Waals surface area (Å²) in [4.78, 5) is 16.7. The predicted octanol–water partition coefficient (Wildman–Crippen LogP) is 3.97. The summed E-state index contributed by atoms with van der Waals surface area (Å²) in [6, 6.07) is 14.1. The van der Waals surface area contributed by atoms with Crippen molar-refractivity contribution in [2.24, 2.45) is 0 Å². The average Bonchev–Trinajstić information content (AvgIpc) is 2.55. The number of pyridine rings is 1. The van der Waals surface area contributed by atoms with Gasteiger partial charge in [0.15, 0.2) is 5.69 Å². The van der Waals surface area contributed by atoms with Crippen LogP contribution in [0.4, 0.5) is 5.82 Å². The van der Waals surface area contributed by atoms with Gasteiger partial charge in [-0.15, -0.1) is 0 Å². The molecule has 0 aliphatic rings. The third-order valence-electron chi connectivity index (χ3n) is 3.25. The first kappa shape index (κ1) is 18.8. The van der Waals surface area contributed by atoms with Crippen LogP contribution < -0.4 is 5.32 Å². The van der Waals surface area contributed by atoms with Crippen LogP contribution >= 0.6 is 11.6 Å². The summed E-state index contributed by atoms with van der Waals surface area (Å²) in [5, 5.41) is 12.4. The lowest BCUT2D eigenvalue weighted by molar-refractivity contribution is -0.155. The van der Waals surface area contributed by atoms with Crippen molar-refractivity contribution in [3.63, 3.8) is 0 Å². The van der Waals surface area contributed by atoms with Crippen LogP contribution in [-0.4, -0.2) is 22.6 Å². The van der Waals surface area contributed by atoms with Gasteiger partial charge in [-0.2, -0.15) is 5.26 Å². The number of anilines is 1. The highest BCUT2D eigenvalue weighted by Gasteiger charge is 2.26. The van der Waals surface area contributed by atoms with Crippen molar-refractivity contribution in [3.05, 3.63) is 58.7 Å². The molecular weight excluding hydrogens is 338 g/mol. The van der Waals surface area contributed by atoms with Crippen molar-refractivity contribution < 1.29 is 9.53 Å². The molecule has 0 radical (unpaired) electrons. The zero-order valence-electron chi connectivity index (χ0n) is 14.4. The van der Waals surface area contributed by atoms with Crippen molar-refractivity contribution in [2.75, 3.05) is 5.32 Å². The normalized spacial score (nSPS) is 12.1.